The van der Waals surface area contributed by atoms with Crippen LogP contribution >= 0.6 is 15.9 Å². The zero-order valence-electron chi connectivity index (χ0n) is 13.3. The van der Waals surface area contributed by atoms with E-state index in [9.17, 15) is 4.79 Å². The van der Waals surface area contributed by atoms with Crippen molar-refractivity contribution < 1.29 is 9.53 Å². The first-order valence-electron chi connectivity index (χ1n) is 8.09. The van der Waals surface area contributed by atoms with E-state index in [4.69, 9.17) is 4.74 Å². The molecule has 1 aromatic carbocycles. The zero-order chi connectivity index (χ0) is 16.8. The molecule has 0 spiro atoms. The van der Waals surface area contributed by atoms with Gasteiger partial charge in [0.1, 0.15) is 5.75 Å². The van der Waals surface area contributed by atoms with Crippen LogP contribution in [0.4, 0.5) is 0 Å². The lowest BCUT2D eigenvalue weighted by atomic mass is 10.1. The van der Waals surface area contributed by atoms with Crippen molar-refractivity contribution in [3.05, 3.63) is 52.6 Å². The lowest BCUT2D eigenvalue weighted by Crippen LogP contribution is -2.26. The molecule has 1 aliphatic heterocycles. The summed E-state index contributed by atoms with van der Waals surface area (Å²) < 4.78 is 6.60. The highest BCUT2D eigenvalue weighted by molar-refractivity contribution is 9.10. The van der Waals surface area contributed by atoms with Gasteiger partial charge >= 0.3 is 0 Å². The molecule has 126 valence electrons. The van der Waals surface area contributed by atoms with Crippen LogP contribution in [-0.4, -0.2) is 30.5 Å². The number of aromatic nitrogens is 1. The van der Waals surface area contributed by atoms with Crippen molar-refractivity contribution in [2.75, 3.05) is 19.6 Å². The first-order chi connectivity index (χ1) is 11.7. The van der Waals surface area contributed by atoms with E-state index in [1.54, 1.807) is 18.3 Å². The molecule has 1 amide bonds. The minimum absolute atomic E-state index is 0.0949. The standard InChI is InChI=1S/C18H20BrN3O2/c19-15-2-1-3-16(10-15)24-17-5-4-14(12-22-17)18(23)21-9-7-13-6-8-20-11-13/h1-5,10,12-13,20H,6-9,11H2,(H,21,23). The molecule has 2 aromatic rings. The highest BCUT2D eigenvalue weighted by Gasteiger charge is 2.14. The summed E-state index contributed by atoms with van der Waals surface area (Å²) in [7, 11) is 0. The summed E-state index contributed by atoms with van der Waals surface area (Å²) in [5.41, 5.74) is 0.543. The molecule has 3 rings (SSSR count). The molecule has 1 unspecified atom stereocenters. The maximum Gasteiger partial charge on any atom is 0.252 e. The summed E-state index contributed by atoms with van der Waals surface area (Å²) in [4.78, 5) is 16.3. The molecule has 1 saturated heterocycles. The van der Waals surface area contributed by atoms with Gasteiger partial charge in [-0.15, -0.1) is 0 Å². The van der Waals surface area contributed by atoms with Crippen LogP contribution in [0.25, 0.3) is 0 Å². The second kappa shape index (κ2) is 8.26. The summed E-state index contributed by atoms with van der Waals surface area (Å²) in [6.45, 7) is 2.84. The minimum Gasteiger partial charge on any atom is -0.439 e. The van der Waals surface area contributed by atoms with Gasteiger partial charge in [0.05, 0.1) is 5.56 Å². The molecule has 6 heteroatoms. The number of hydrogen-bond donors (Lipinski definition) is 2. The summed E-state index contributed by atoms with van der Waals surface area (Å²) in [6.07, 6.45) is 3.75. The van der Waals surface area contributed by atoms with Crippen LogP contribution in [0.1, 0.15) is 23.2 Å². The van der Waals surface area contributed by atoms with Gasteiger partial charge in [0.2, 0.25) is 5.88 Å². The average Bonchev–Trinajstić information content (AvgIpc) is 3.09. The smallest absolute Gasteiger partial charge is 0.252 e. The van der Waals surface area contributed by atoms with Crippen molar-refractivity contribution in [2.24, 2.45) is 5.92 Å². The monoisotopic (exact) mass is 389 g/mol. The molecule has 2 heterocycles. The third-order valence-electron chi connectivity index (χ3n) is 4.02. The van der Waals surface area contributed by atoms with Crippen molar-refractivity contribution in [1.82, 2.24) is 15.6 Å². The van der Waals surface area contributed by atoms with Gasteiger partial charge in [-0.1, -0.05) is 22.0 Å². The molecule has 0 radical (unpaired) electrons. The van der Waals surface area contributed by atoms with Crippen molar-refractivity contribution in [3.8, 4) is 11.6 Å². The quantitative estimate of drug-likeness (QED) is 0.794. The first-order valence-corrected chi connectivity index (χ1v) is 8.88. The molecule has 0 saturated carbocycles. The number of benzene rings is 1. The van der Waals surface area contributed by atoms with Crippen LogP contribution in [0, 0.1) is 5.92 Å². The van der Waals surface area contributed by atoms with Crippen molar-refractivity contribution in [1.29, 1.82) is 0 Å². The Labute approximate surface area is 149 Å². The van der Waals surface area contributed by atoms with E-state index < -0.39 is 0 Å². The van der Waals surface area contributed by atoms with Crippen LogP contribution in [-0.2, 0) is 0 Å². The molecular formula is C18H20BrN3O2. The number of halogens is 1. The van der Waals surface area contributed by atoms with Crippen LogP contribution in [0.5, 0.6) is 11.6 Å². The normalized spacial score (nSPS) is 16.8. The number of pyridine rings is 1. The number of nitrogens with zero attached hydrogens (tertiary/aromatic N) is 1. The van der Waals surface area contributed by atoms with Gasteiger partial charge in [0, 0.05) is 23.3 Å². The first kappa shape index (κ1) is 16.9. The number of ether oxygens (including phenoxy) is 1. The maximum absolute atomic E-state index is 12.1. The maximum atomic E-state index is 12.1. The SMILES string of the molecule is O=C(NCCC1CCNC1)c1ccc(Oc2cccc(Br)c2)nc1. The summed E-state index contributed by atoms with van der Waals surface area (Å²) in [5.74, 6) is 1.73. The molecular weight excluding hydrogens is 370 g/mol. The number of hydrogen-bond acceptors (Lipinski definition) is 4. The van der Waals surface area contributed by atoms with E-state index in [-0.39, 0.29) is 5.91 Å². The Kier molecular flexibility index (Phi) is 5.82. The Balaban J connectivity index is 1.50. The highest BCUT2D eigenvalue weighted by Crippen LogP contribution is 2.23. The van der Waals surface area contributed by atoms with Gasteiger partial charge in [0.25, 0.3) is 5.91 Å². The van der Waals surface area contributed by atoms with E-state index in [1.807, 2.05) is 24.3 Å². The van der Waals surface area contributed by atoms with E-state index in [1.165, 1.54) is 6.42 Å². The molecule has 1 aromatic heterocycles. The van der Waals surface area contributed by atoms with Crippen molar-refractivity contribution in [3.63, 3.8) is 0 Å². The molecule has 1 aliphatic rings. The molecule has 0 bridgehead atoms. The lowest BCUT2D eigenvalue weighted by molar-refractivity contribution is 0.0951. The Morgan fingerprint density at radius 1 is 1.38 bits per heavy atom. The number of carbonyl (C=O) groups is 1. The zero-order valence-corrected chi connectivity index (χ0v) is 14.9. The summed E-state index contributed by atoms with van der Waals surface area (Å²) >= 11 is 3.40. The van der Waals surface area contributed by atoms with E-state index in [0.717, 1.165) is 24.0 Å². The molecule has 0 aliphatic carbocycles. The van der Waals surface area contributed by atoms with Crippen LogP contribution < -0.4 is 15.4 Å². The topological polar surface area (TPSA) is 63.2 Å². The summed E-state index contributed by atoms with van der Waals surface area (Å²) in [6, 6.07) is 11.0. The number of nitrogens with one attached hydrogen (secondary N) is 2. The summed E-state index contributed by atoms with van der Waals surface area (Å²) in [5, 5.41) is 6.28. The van der Waals surface area contributed by atoms with E-state index in [2.05, 4.69) is 31.5 Å². The average molecular weight is 390 g/mol. The molecule has 1 fully saturated rings. The van der Waals surface area contributed by atoms with Gasteiger partial charge in [-0.2, -0.15) is 0 Å². The number of rotatable bonds is 6. The van der Waals surface area contributed by atoms with Gasteiger partial charge in [-0.05, 0) is 56.1 Å². The molecule has 5 nitrogen and oxygen atoms in total. The Bertz CT molecular complexity index is 685. The fourth-order valence-electron chi connectivity index (χ4n) is 2.68. The van der Waals surface area contributed by atoms with Crippen LogP contribution in [0.15, 0.2) is 47.1 Å². The van der Waals surface area contributed by atoms with E-state index >= 15 is 0 Å². The second-order valence-electron chi connectivity index (χ2n) is 5.85. The Morgan fingerprint density at radius 3 is 3.00 bits per heavy atom. The number of amides is 1. The number of carbonyl (C=O) groups excluding carboxylic acids is 1. The fraction of sp³-hybridized carbons (Fsp3) is 0.333. The minimum atomic E-state index is -0.0949. The molecule has 24 heavy (non-hydrogen) atoms. The van der Waals surface area contributed by atoms with E-state index in [0.29, 0.717) is 29.7 Å². The second-order valence-corrected chi connectivity index (χ2v) is 6.76. The predicted octanol–water partition coefficient (Wildman–Crippen LogP) is 3.37. The molecule has 1 atom stereocenters. The van der Waals surface area contributed by atoms with Crippen molar-refractivity contribution in [2.45, 2.75) is 12.8 Å². The third-order valence-corrected chi connectivity index (χ3v) is 4.51. The predicted molar refractivity (Wildman–Crippen MR) is 96.4 cm³/mol. The van der Waals surface area contributed by atoms with Gasteiger partial charge in [-0.25, -0.2) is 4.98 Å². The highest BCUT2D eigenvalue weighted by atomic mass is 79.9. The van der Waals surface area contributed by atoms with Crippen molar-refractivity contribution >= 4 is 21.8 Å². The largest absolute Gasteiger partial charge is 0.439 e. The lowest BCUT2D eigenvalue weighted by Gasteiger charge is -2.10. The third kappa shape index (κ3) is 4.79. The molecule has 2 N–H and O–H groups in total. The Morgan fingerprint density at radius 2 is 2.29 bits per heavy atom. The van der Waals surface area contributed by atoms with Gasteiger partial charge in [0.15, 0.2) is 0 Å². The van der Waals surface area contributed by atoms with Gasteiger partial charge in [-0.3, -0.25) is 4.79 Å². The van der Waals surface area contributed by atoms with Crippen LogP contribution in [0.3, 0.4) is 0 Å². The van der Waals surface area contributed by atoms with Crippen LogP contribution in [0.2, 0.25) is 0 Å². The fourth-order valence-corrected chi connectivity index (χ4v) is 3.06. The Hall–Kier alpha value is -1.92. The van der Waals surface area contributed by atoms with Gasteiger partial charge < -0.3 is 15.4 Å².